The first-order chi connectivity index (χ1) is 24.8. The molecule has 18 nitrogen and oxygen atoms in total. The van der Waals surface area contributed by atoms with E-state index in [1.807, 2.05) is 34.6 Å². The predicted molar refractivity (Wildman–Crippen MR) is 199 cm³/mol. The van der Waals surface area contributed by atoms with Gasteiger partial charge in [-0.25, -0.2) is 4.79 Å². The van der Waals surface area contributed by atoms with Gasteiger partial charge in [0.05, 0.1) is 13.1 Å². The molecule has 0 bridgehead atoms. The molecule has 53 heavy (non-hydrogen) atoms. The number of carboxylic acids is 2. The third kappa shape index (κ3) is 31.2. The van der Waals surface area contributed by atoms with Gasteiger partial charge in [-0.1, -0.05) is 67.5 Å². The van der Waals surface area contributed by atoms with E-state index in [0.717, 1.165) is 12.0 Å². The summed E-state index contributed by atoms with van der Waals surface area (Å²) in [6, 6.07) is 3.99. The van der Waals surface area contributed by atoms with Gasteiger partial charge in [0, 0.05) is 38.0 Å². The largest absolute Gasteiger partial charge is 0.481 e. The lowest BCUT2D eigenvalue weighted by molar-refractivity contribution is -0.142. The number of carbonyl (C=O) groups is 8. The van der Waals surface area contributed by atoms with Crippen LogP contribution in [0.15, 0.2) is 24.3 Å². The molecule has 6 amide bonds. The molecule has 0 radical (unpaired) electrons. The normalized spacial score (nSPS) is 10.9. The number of nitrogens with two attached hydrogens (primary N) is 1. The average molecular weight is 756 g/mol. The van der Waals surface area contributed by atoms with E-state index in [1.165, 1.54) is 6.92 Å². The summed E-state index contributed by atoms with van der Waals surface area (Å²) in [4.78, 5) is 91.4. The van der Waals surface area contributed by atoms with Crippen molar-refractivity contribution in [1.82, 2.24) is 26.6 Å². The smallest absolute Gasteiger partial charge is 0.312 e. The Balaban J connectivity index is -0.00000151. The highest BCUT2D eigenvalue weighted by molar-refractivity contribution is 5.97. The van der Waals surface area contributed by atoms with Gasteiger partial charge in [-0.05, 0) is 36.5 Å². The summed E-state index contributed by atoms with van der Waals surface area (Å²) in [6.45, 7) is 16.3. The summed E-state index contributed by atoms with van der Waals surface area (Å²) < 4.78 is 4.91. The molecule has 0 aromatic heterocycles. The van der Waals surface area contributed by atoms with Crippen molar-refractivity contribution in [2.24, 2.45) is 11.7 Å². The molecule has 2 unspecified atom stereocenters. The minimum absolute atomic E-state index is 0.0277. The number of ether oxygens (including phenoxy) is 1. The van der Waals surface area contributed by atoms with Crippen LogP contribution in [0.2, 0.25) is 0 Å². The van der Waals surface area contributed by atoms with Gasteiger partial charge in [-0.15, -0.1) is 0 Å². The number of nitrogens with one attached hydrogen (secondary N) is 6. The molecule has 0 saturated heterocycles. The number of rotatable bonds is 19. The highest BCUT2D eigenvalue weighted by Gasteiger charge is 2.29. The summed E-state index contributed by atoms with van der Waals surface area (Å²) in [6.07, 6.45) is 0.630. The first-order valence-electron chi connectivity index (χ1n) is 17.4. The number of anilines is 1. The van der Waals surface area contributed by atoms with Gasteiger partial charge in [-0.3, -0.25) is 33.6 Å². The van der Waals surface area contributed by atoms with Gasteiger partial charge >= 0.3 is 23.9 Å². The third-order valence-corrected chi connectivity index (χ3v) is 6.17. The summed E-state index contributed by atoms with van der Waals surface area (Å²) in [5.74, 6) is -4.98. The molecule has 18 heteroatoms. The molecule has 0 aliphatic rings. The zero-order valence-corrected chi connectivity index (χ0v) is 32.4. The van der Waals surface area contributed by atoms with Crippen molar-refractivity contribution in [3.63, 3.8) is 0 Å². The van der Waals surface area contributed by atoms with Crippen LogP contribution in [-0.4, -0.2) is 95.5 Å². The number of carbonyl (C=O) groups excluding carboxylic acids is 6. The number of esters is 1. The Bertz CT molecular complexity index is 1270. The maximum Gasteiger partial charge on any atom is 0.312 e. The molecule has 1 rings (SSSR count). The quantitative estimate of drug-likeness (QED) is 0.0915. The minimum atomic E-state index is -1.16. The molecule has 0 heterocycles. The number of hydrogen-bond acceptors (Lipinski definition) is 10. The number of urea groups is 1. The molecule has 2 atom stereocenters. The fourth-order valence-corrected chi connectivity index (χ4v) is 3.47. The Morgan fingerprint density at radius 3 is 1.77 bits per heavy atom. The van der Waals surface area contributed by atoms with Crippen molar-refractivity contribution in [3.05, 3.63) is 29.8 Å². The summed E-state index contributed by atoms with van der Waals surface area (Å²) in [5.41, 5.74) is 5.94. The molecule has 0 spiro atoms. The Morgan fingerprint density at radius 2 is 1.36 bits per heavy atom. The molecule has 1 aromatic carbocycles. The van der Waals surface area contributed by atoms with E-state index in [4.69, 9.17) is 20.7 Å². The number of hydrogen-bond donors (Lipinski definition) is 9. The molecule has 0 aliphatic heterocycles. The van der Waals surface area contributed by atoms with E-state index in [9.17, 15) is 38.4 Å². The van der Waals surface area contributed by atoms with Gasteiger partial charge in [0.25, 0.3) is 0 Å². The zero-order chi connectivity index (χ0) is 41.5. The number of benzene rings is 1. The summed E-state index contributed by atoms with van der Waals surface area (Å²) in [7, 11) is 0. The molecule has 10 N–H and O–H groups in total. The molecule has 1 aromatic rings. The lowest BCUT2D eigenvalue weighted by Crippen LogP contribution is -2.56. The highest BCUT2D eigenvalue weighted by atomic mass is 16.5. The maximum absolute atomic E-state index is 12.9. The Kier molecular flexibility index (Phi) is 30.9. The second-order valence-corrected chi connectivity index (χ2v) is 11.6. The maximum atomic E-state index is 12.9. The van der Waals surface area contributed by atoms with Gasteiger partial charge in [-0.2, -0.15) is 0 Å². The van der Waals surface area contributed by atoms with Crippen LogP contribution in [0.25, 0.3) is 0 Å². The van der Waals surface area contributed by atoms with Crippen LogP contribution in [0.5, 0.6) is 0 Å². The highest BCUT2D eigenvalue weighted by Crippen LogP contribution is 2.11. The lowest BCUT2D eigenvalue weighted by Gasteiger charge is -2.25. The van der Waals surface area contributed by atoms with Gasteiger partial charge in [0.15, 0.2) is 0 Å². The Labute approximate surface area is 312 Å². The van der Waals surface area contributed by atoms with Crippen LogP contribution in [0.3, 0.4) is 0 Å². The van der Waals surface area contributed by atoms with Gasteiger partial charge in [0.2, 0.25) is 23.6 Å². The third-order valence-electron chi connectivity index (χ3n) is 6.17. The van der Waals surface area contributed by atoms with Crippen molar-refractivity contribution in [2.75, 3.05) is 25.0 Å². The van der Waals surface area contributed by atoms with E-state index < -0.39 is 59.7 Å². The Hall–Kier alpha value is -5.26. The van der Waals surface area contributed by atoms with Crippen molar-refractivity contribution in [2.45, 2.75) is 113 Å². The number of primary amides is 1. The van der Waals surface area contributed by atoms with E-state index in [0.29, 0.717) is 12.2 Å². The van der Waals surface area contributed by atoms with Crippen molar-refractivity contribution in [1.29, 1.82) is 0 Å². The fraction of sp³-hybridized carbons (Fsp3) is 0.600. The molecular weight excluding hydrogens is 694 g/mol. The van der Waals surface area contributed by atoms with Gasteiger partial charge < -0.3 is 52.6 Å². The summed E-state index contributed by atoms with van der Waals surface area (Å²) in [5, 5.41) is 32.3. The van der Waals surface area contributed by atoms with Crippen LogP contribution in [0.4, 0.5) is 10.5 Å². The number of carboxylic acid groups (broad SMARTS) is 2. The second-order valence-electron chi connectivity index (χ2n) is 11.6. The standard InChI is InChI=1S/C26H39N5O8.C4H10N2O.C3H6O2.C2H6/c1-15(2)24(31-25(37)20(10-11-23(35)36)30-22(34)12-27-16(3)4)26(38)28-13-21(33)29-19-8-6-18(7-9-19)14-39-17(5)32;1-2-3-6-4(5)7;1-2-3(4)5;1-2/h6-9,15-16,20,24,27H,10-14H2,1-5H3,(H,28,38)(H,29,33)(H,30,34)(H,31,37)(H,35,36);2-3H2,1H3,(H3,5,6,7);2H2,1H3,(H,4,5);1-2H3. The molecule has 0 aliphatic carbocycles. The topological polar surface area (TPSA) is 284 Å². The van der Waals surface area contributed by atoms with Crippen molar-refractivity contribution >= 4 is 53.3 Å². The van der Waals surface area contributed by atoms with Crippen LogP contribution in [0, 0.1) is 5.92 Å². The van der Waals surface area contributed by atoms with Gasteiger partial charge in [0.1, 0.15) is 18.7 Å². The molecule has 302 valence electrons. The van der Waals surface area contributed by atoms with Crippen LogP contribution >= 0.6 is 0 Å². The van der Waals surface area contributed by atoms with E-state index >= 15 is 0 Å². The van der Waals surface area contributed by atoms with Crippen LogP contribution in [-0.2, 0) is 44.9 Å². The number of amides is 6. The first kappa shape index (κ1) is 52.1. The second kappa shape index (κ2) is 31.5. The van der Waals surface area contributed by atoms with Crippen molar-refractivity contribution < 1.29 is 53.3 Å². The predicted octanol–water partition coefficient (Wildman–Crippen LogP) is 1.86. The Morgan fingerprint density at radius 1 is 0.792 bits per heavy atom. The lowest BCUT2D eigenvalue weighted by atomic mass is 10.0. The monoisotopic (exact) mass is 755 g/mol. The fourth-order valence-electron chi connectivity index (χ4n) is 3.47. The summed E-state index contributed by atoms with van der Waals surface area (Å²) >= 11 is 0. The zero-order valence-electron chi connectivity index (χ0n) is 32.4. The van der Waals surface area contributed by atoms with E-state index in [-0.39, 0.29) is 50.9 Å². The molecule has 0 fully saturated rings. The number of aliphatic carboxylic acids is 2. The average Bonchev–Trinajstić information content (AvgIpc) is 3.10. The van der Waals surface area contributed by atoms with E-state index in [1.54, 1.807) is 45.0 Å². The molecular formula is C35H61N7O11. The minimum Gasteiger partial charge on any atom is -0.481 e. The SMILES string of the molecule is CC.CC(=O)OCc1ccc(NC(=O)CNC(=O)C(NC(=O)C(CCC(=O)O)NC(=O)CNC(C)C)C(C)C)cc1.CCC(=O)O.CCCNC(N)=O. The van der Waals surface area contributed by atoms with Crippen LogP contribution < -0.4 is 37.6 Å². The van der Waals surface area contributed by atoms with E-state index in [2.05, 4.69) is 31.9 Å². The van der Waals surface area contributed by atoms with Crippen molar-refractivity contribution in [3.8, 4) is 0 Å². The van der Waals surface area contributed by atoms with Crippen LogP contribution in [0.1, 0.15) is 93.6 Å². The molecule has 0 saturated carbocycles. The first-order valence-corrected chi connectivity index (χ1v) is 17.4.